The molecule has 0 spiro atoms. The summed E-state index contributed by atoms with van der Waals surface area (Å²) in [6, 6.07) is 6.65. The molecular weight excluding hydrogens is 288 g/mol. The van der Waals surface area contributed by atoms with Crippen molar-refractivity contribution in [3.8, 4) is 5.75 Å². The summed E-state index contributed by atoms with van der Waals surface area (Å²) in [4.78, 5) is 0.336. The zero-order valence-electron chi connectivity index (χ0n) is 12.5. The van der Waals surface area contributed by atoms with E-state index >= 15 is 0 Å². The summed E-state index contributed by atoms with van der Waals surface area (Å²) >= 11 is 0. The van der Waals surface area contributed by atoms with Crippen LogP contribution in [-0.4, -0.2) is 39.0 Å². The van der Waals surface area contributed by atoms with Gasteiger partial charge in [0, 0.05) is 13.1 Å². The Balaban J connectivity index is 2.06. The largest absolute Gasteiger partial charge is 0.494 e. The van der Waals surface area contributed by atoms with Gasteiger partial charge in [-0.2, -0.15) is 4.31 Å². The molecule has 1 heterocycles. The number of ether oxygens (including phenoxy) is 1. The van der Waals surface area contributed by atoms with Crippen LogP contribution in [0.1, 0.15) is 26.2 Å². The number of sulfonamides is 1. The van der Waals surface area contributed by atoms with Gasteiger partial charge in [0.1, 0.15) is 5.75 Å². The minimum absolute atomic E-state index is 0.336. The van der Waals surface area contributed by atoms with Gasteiger partial charge in [0.25, 0.3) is 0 Å². The van der Waals surface area contributed by atoms with Gasteiger partial charge in [-0.25, -0.2) is 8.42 Å². The van der Waals surface area contributed by atoms with Crippen LogP contribution >= 0.6 is 0 Å². The summed E-state index contributed by atoms with van der Waals surface area (Å²) in [7, 11) is -3.38. The number of piperidine rings is 1. The van der Waals surface area contributed by atoms with Crippen LogP contribution in [0.15, 0.2) is 29.2 Å². The Labute approximate surface area is 127 Å². The maximum Gasteiger partial charge on any atom is 0.243 e. The monoisotopic (exact) mass is 312 g/mol. The summed E-state index contributed by atoms with van der Waals surface area (Å²) < 4.78 is 32.2. The van der Waals surface area contributed by atoms with Crippen molar-refractivity contribution in [3.63, 3.8) is 0 Å². The lowest BCUT2D eigenvalue weighted by Gasteiger charge is -2.30. The molecule has 1 aliphatic heterocycles. The Hall–Kier alpha value is -1.11. The Morgan fingerprint density at radius 3 is 2.67 bits per heavy atom. The number of benzene rings is 1. The van der Waals surface area contributed by atoms with Crippen LogP contribution < -0.4 is 10.5 Å². The van der Waals surface area contributed by atoms with Gasteiger partial charge >= 0.3 is 0 Å². The van der Waals surface area contributed by atoms with Gasteiger partial charge in [-0.15, -0.1) is 0 Å². The Morgan fingerprint density at radius 1 is 1.33 bits per heavy atom. The fourth-order valence-corrected chi connectivity index (χ4v) is 4.09. The molecule has 0 aromatic heterocycles. The maximum atomic E-state index is 12.6. The molecule has 6 heteroatoms. The lowest BCUT2D eigenvalue weighted by atomic mass is 10.0. The quantitative estimate of drug-likeness (QED) is 0.814. The zero-order chi connectivity index (χ0) is 15.3. The SMILES string of the molecule is CC1CCCN(S(=O)(=O)c2ccc(OCCCN)cc2)C1. The topological polar surface area (TPSA) is 72.6 Å². The van der Waals surface area contributed by atoms with Crippen molar-refractivity contribution >= 4 is 10.0 Å². The average molecular weight is 312 g/mol. The van der Waals surface area contributed by atoms with E-state index in [1.54, 1.807) is 28.6 Å². The zero-order valence-corrected chi connectivity index (χ0v) is 13.3. The van der Waals surface area contributed by atoms with Crippen molar-refractivity contribution in [1.82, 2.24) is 4.31 Å². The predicted octanol–water partition coefficient (Wildman–Crippen LogP) is 1.83. The first-order valence-corrected chi connectivity index (χ1v) is 8.91. The normalized spacial score (nSPS) is 20.4. The Morgan fingerprint density at radius 2 is 2.05 bits per heavy atom. The van der Waals surface area contributed by atoms with Crippen LogP contribution in [-0.2, 0) is 10.0 Å². The molecule has 0 saturated carbocycles. The molecular formula is C15H24N2O3S. The second kappa shape index (κ2) is 7.24. The van der Waals surface area contributed by atoms with E-state index in [0.717, 1.165) is 19.3 Å². The molecule has 0 amide bonds. The third kappa shape index (κ3) is 4.18. The minimum atomic E-state index is -3.38. The van der Waals surface area contributed by atoms with Gasteiger partial charge < -0.3 is 10.5 Å². The number of rotatable bonds is 6. The van der Waals surface area contributed by atoms with E-state index in [9.17, 15) is 8.42 Å². The van der Waals surface area contributed by atoms with Gasteiger partial charge in [0.05, 0.1) is 11.5 Å². The van der Waals surface area contributed by atoms with Crippen molar-refractivity contribution in [2.24, 2.45) is 11.7 Å². The number of hydrogen-bond acceptors (Lipinski definition) is 4. The summed E-state index contributed by atoms with van der Waals surface area (Å²) in [5.74, 6) is 1.10. The van der Waals surface area contributed by atoms with E-state index in [1.165, 1.54) is 0 Å². The van der Waals surface area contributed by atoms with Crippen LogP contribution in [0.2, 0.25) is 0 Å². The third-order valence-corrected chi connectivity index (χ3v) is 5.58. The lowest BCUT2D eigenvalue weighted by molar-refractivity contribution is 0.281. The highest BCUT2D eigenvalue weighted by atomic mass is 32.2. The molecule has 1 saturated heterocycles. The first-order valence-electron chi connectivity index (χ1n) is 7.47. The first kappa shape index (κ1) is 16.3. The van der Waals surface area contributed by atoms with E-state index in [1.807, 2.05) is 0 Å². The fraction of sp³-hybridized carbons (Fsp3) is 0.600. The number of nitrogens with zero attached hydrogens (tertiary/aromatic N) is 1. The molecule has 5 nitrogen and oxygen atoms in total. The molecule has 0 radical (unpaired) electrons. The molecule has 21 heavy (non-hydrogen) atoms. The van der Waals surface area contributed by atoms with Crippen molar-refractivity contribution in [2.45, 2.75) is 31.1 Å². The highest BCUT2D eigenvalue weighted by molar-refractivity contribution is 7.89. The van der Waals surface area contributed by atoms with Crippen molar-refractivity contribution in [3.05, 3.63) is 24.3 Å². The maximum absolute atomic E-state index is 12.6. The molecule has 1 fully saturated rings. The molecule has 2 rings (SSSR count). The molecule has 1 aromatic rings. The molecule has 2 N–H and O–H groups in total. The summed E-state index contributed by atoms with van der Waals surface area (Å²) in [6.45, 7) is 4.44. The van der Waals surface area contributed by atoms with E-state index in [-0.39, 0.29) is 0 Å². The van der Waals surface area contributed by atoms with E-state index in [2.05, 4.69) is 6.92 Å². The molecule has 0 bridgehead atoms. The van der Waals surface area contributed by atoms with Crippen molar-refractivity contribution in [1.29, 1.82) is 0 Å². The van der Waals surface area contributed by atoms with Crippen LogP contribution in [0, 0.1) is 5.92 Å². The smallest absolute Gasteiger partial charge is 0.243 e. The van der Waals surface area contributed by atoms with Gasteiger partial charge in [-0.05, 0) is 56.0 Å². The van der Waals surface area contributed by atoms with Crippen molar-refractivity contribution < 1.29 is 13.2 Å². The molecule has 1 atom stereocenters. The highest BCUT2D eigenvalue weighted by Gasteiger charge is 2.28. The average Bonchev–Trinajstić information content (AvgIpc) is 2.48. The Bertz CT molecular complexity index is 543. The number of hydrogen-bond donors (Lipinski definition) is 1. The van der Waals surface area contributed by atoms with E-state index in [0.29, 0.717) is 42.8 Å². The number of nitrogens with two attached hydrogens (primary N) is 1. The lowest BCUT2D eigenvalue weighted by Crippen LogP contribution is -2.39. The highest BCUT2D eigenvalue weighted by Crippen LogP contribution is 2.24. The van der Waals surface area contributed by atoms with Crippen molar-refractivity contribution in [2.75, 3.05) is 26.2 Å². The second-order valence-corrected chi connectivity index (χ2v) is 7.51. The van der Waals surface area contributed by atoms with Gasteiger partial charge in [-0.1, -0.05) is 6.92 Å². The summed E-state index contributed by atoms with van der Waals surface area (Å²) in [5.41, 5.74) is 5.40. The first-order chi connectivity index (χ1) is 10.0. The fourth-order valence-electron chi connectivity index (χ4n) is 2.49. The molecule has 0 aliphatic carbocycles. The van der Waals surface area contributed by atoms with Crippen LogP contribution in [0.3, 0.4) is 0 Å². The van der Waals surface area contributed by atoms with Crippen LogP contribution in [0.5, 0.6) is 5.75 Å². The second-order valence-electron chi connectivity index (χ2n) is 5.57. The predicted molar refractivity (Wildman–Crippen MR) is 82.8 cm³/mol. The van der Waals surface area contributed by atoms with Crippen LogP contribution in [0.4, 0.5) is 0 Å². The summed E-state index contributed by atoms with van der Waals surface area (Å²) in [6.07, 6.45) is 2.81. The van der Waals surface area contributed by atoms with E-state index in [4.69, 9.17) is 10.5 Å². The van der Waals surface area contributed by atoms with Gasteiger partial charge in [-0.3, -0.25) is 0 Å². The Kier molecular flexibility index (Phi) is 5.61. The summed E-state index contributed by atoms with van der Waals surface area (Å²) in [5, 5.41) is 0. The van der Waals surface area contributed by atoms with Gasteiger partial charge in [0.2, 0.25) is 10.0 Å². The van der Waals surface area contributed by atoms with Gasteiger partial charge in [0.15, 0.2) is 0 Å². The van der Waals surface area contributed by atoms with E-state index < -0.39 is 10.0 Å². The molecule has 118 valence electrons. The molecule has 1 aromatic carbocycles. The third-order valence-electron chi connectivity index (χ3n) is 3.70. The molecule has 1 aliphatic rings. The van der Waals surface area contributed by atoms with Crippen LogP contribution in [0.25, 0.3) is 0 Å². The standard InChI is InChI=1S/C15H24N2O3S/c1-13-4-2-10-17(12-13)21(18,19)15-7-5-14(6-8-15)20-11-3-9-16/h5-8,13H,2-4,9-12,16H2,1H3. The molecule has 1 unspecified atom stereocenters. The minimum Gasteiger partial charge on any atom is -0.494 e.